The Kier molecular flexibility index (Phi) is 4.08. The van der Waals surface area contributed by atoms with Crippen LogP contribution in [0.25, 0.3) is 0 Å². The largest absolute Gasteiger partial charge is 0.439 e. The molecule has 0 fully saturated rings. The summed E-state index contributed by atoms with van der Waals surface area (Å²) in [5, 5.41) is 3.46. The number of hydrogen-bond acceptors (Lipinski definition) is 5. The SMILES string of the molecule is CCCCCNc1ccc2c(c1)Oc1c(ncn1C)C21OC(=O)c2ccccc21. The molecule has 0 saturated heterocycles. The summed E-state index contributed by atoms with van der Waals surface area (Å²) in [4.78, 5) is 17.3. The number of carbonyl (C=O) groups excluding carboxylic acids is 1. The second-order valence-corrected chi connectivity index (χ2v) is 7.57. The van der Waals surface area contributed by atoms with Gasteiger partial charge in [0.05, 0.1) is 11.9 Å². The summed E-state index contributed by atoms with van der Waals surface area (Å²) in [7, 11) is 1.88. The number of fused-ring (bicyclic) bond motifs is 6. The van der Waals surface area contributed by atoms with Crippen LogP contribution in [0.2, 0.25) is 0 Å². The minimum Gasteiger partial charge on any atom is -0.439 e. The Bertz CT molecular complexity index is 1100. The number of rotatable bonds is 5. The van der Waals surface area contributed by atoms with Crippen molar-refractivity contribution in [3.8, 4) is 11.6 Å². The number of unbranched alkanes of at least 4 members (excludes halogenated alkanes) is 2. The zero-order valence-corrected chi connectivity index (χ0v) is 16.6. The third kappa shape index (κ3) is 2.55. The van der Waals surface area contributed by atoms with E-state index in [9.17, 15) is 4.79 Å². The Balaban J connectivity index is 1.64. The summed E-state index contributed by atoms with van der Waals surface area (Å²) in [6, 6.07) is 13.5. The van der Waals surface area contributed by atoms with Crippen LogP contribution in [0.5, 0.6) is 11.6 Å². The van der Waals surface area contributed by atoms with E-state index in [2.05, 4.69) is 17.2 Å². The van der Waals surface area contributed by atoms with Crippen LogP contribution in [-0.4, -0.2) is 22.1 Å². The molecule has 29 heavy (non-hydrogen) atoms. The van der Waals surface area contributed by atoms with E-state index in [1.54, 1.807) is 12.4 Å². The summed E-state index contributed by atoms with van der Waals surface area (Å²) in [6.07, 6.45) is 5.19. The van der Waals surface area contributed by atoms with Gasteiger partial charge in [0, 0.05) is 36.5 Å². The molecule has 1 spiro atoms. The second kappa shape index (κ2) is 6.65. The van der Waals surface area contributed by atoms with Crippen LogP contribution in [-0.2, 0) is 17.4 Å². The zero-order valence-electron chi connectivity index (χ0n) is 16.6. The van der Waals surface area contributed by atoms with Crippen molar-refractivity contribution in [3.63, 3.8) is 0 Å². The van der Waals surface area contributed by atoms with Crippen molar-refractivity contribution in [2.75, 3.05) is 11.9 Å². The van der Waals surface area contributed by atoms with Crippen molar-refractivity contribution in [1.29, 1.82) is 0 Å². The maximum atomic E-state index is 12.7. The first kappa shape index (κ1) is 17.8. The highest BCUT2D eigenvalue weighted by Crippen LogP contribution is 2.55. The van der Waals surface area contributed by atoms with Crippen LogP contribution in [0.4, 0.5) is 5.69 Å². The highest BCUT2D eigenvalue weighted by atomic mass is 16.6. The fourth-order valence-electron chi connectivity index (χ4n) is 4.22. The number of nitrogens with one attached hydrogen (secondary N) is 1. The average Bonchev–Trinajstić information content (AvgIpc) is 3.25. The molecule has 148 valence electrons. The van der Waals surface area contributed by atoms with Crippen LogP contribution in [0.1, 0.15) is 53.4 Å². The molecule has 1 unspecified atom stereocenters. The predicted molar refractivity (Wildman–Crippen MR) is 109 cm³/mol. The number of esters is 1. The lowest BCUT2D eigenvalue weighted by Crippen LogP contribution is -2.33. The normalized spacial score (nSPS) is 18.6. The van der Waals surface area contributed by atoms with Gasteiger partial charge in [0.1, 0.15) is 5.75 Å². The first-order valence-electron chi connectivity index (χ1n) is 10.1. The molecule has 0 radical (unpaired) electrons. The smallest absolute Gasteiger partial charge is 0.340 e. The number of hydrogen-bond donors (Lipinski definition) is 1. The standard InChI is InChI=1S/C23H23N3O3/c1-3-4-7-12-24-15-10-11-18-19(13-15)28-21-20(25-14-26(21)2)23(18)17-9-6-5-8-16(17)22(27)29-23/h5-6,8-11,13-14,24H,3-4,7,12H2,1-2H3. The monoisotopic (exact) mass is 389 g/mol. The molecule has 6 heteroatoms. The van der Waals surface area contributed by atoms with Crippen LogP contribution in [0, 0.1) is 0 Å². The summed E-state index contributed by atoms with van der Waals surface area (Å²) in [5.74, 6) is 0.919. The highest BCUT2D eigenvalue weighted by molar-refractivity contribution is 5.96. The van der Waals surface area contributed by atoms with Crippen LogP contribution < -0.4 is 10.1 Å². The quantitative estimate of drug-likeness (QED) is 0.511. The van der Waals surface area contributed by atoms with E-state index in [1.807, 2.05) is 48.0 Å². The van der Waals surface area contributed by atoms with Gasteiger partial charge in [0.2, 0.25) is 11.5 Å². The van der Waals surface area contributed by atoms with Crippen molar-refractivity contribution >= 4 is 11.7 Å². The summed E-state index contributed by atoms with van der Waals surface area (Å²) < 4.78 is 14.1. The van der Waals surface area contributed by atoms with Crippen LogP contribution in [0.3, 0.4) is 0 Å². The van der Waals surface area contributed by atoms with Gasteiger partial charge in [0.25, 0.3) is 0 Å². The number of nitrogens with zero attached hydrogens (tertiary/aromatic N) is 2. The Hall–Kier alpha value is -3.28. The predicted octanol–water partition coefficient (Wildman–Crippen LogP) is 4.59. The zero-order chi connectivity index (χ0) is 20.0. The van der Waals surface area contributed by atoms with Gasteiger partial charge in [-0.3, -0.25) is 0 Å². The topological polar surface area (TPSA) is 65.4 Å². The van der Waals surface area contributed by atoms with Gasteiger partial charge in [-0.25, -0.2) is 9.78 Å². The maximum absolute atomic E-state index is 12.7. The molecule has 2 aliphatic heterocycles. The number of anilines is 1. The van der Waals surface area contributed by atoms with Crippen molar-refractivity contribution in [2.45, 2.75) is 31.8 Å². The van der Waals surface area contributed by atoms with Crippen molar-refractivity contribution in [2.24, 2.45) is 7.05 Å². The van der Waals surface area contributed by atoms with Gasteiger partial charge in [-0.2, -0.15) is 0 Å². The minimum atomic E-state index is -1.08. The molecule has 0 aliphatic carbocycles. The molecule has 1 aromatic heterocycles. The van der Waals surface area contributed by atoms with E-state index in [0.717, 1.165) is 29.8 Å². The molecule has 1 N–H and O–H groups in total. The van der Waals surface area contributed by atoms with E-state index in [4.69, 9.17) is 9.47 Å². The summed E-state index contributed by atoms with van der Waals surface area (Å²) in [5.41, 5.74) is 2.67. The van der Waals surface area contributed by atoms with Crippen LogP contribution >= 0.6 is 0 Å². The molecular weight excluding hydrogens is 366 g/mol. The van der Waals surface area contributed by atoms with Gasteiger partial charge in [-0.05, 0) is 24.6 Å². The number of aromatic nitrogens is 2. The summed E-state index contributed by atoms with van der Waals surface area (Å²) in [6.45, 7) is 3.10. The van der Waals surface area contributed by atoms with Crippen molar-refractivity contribution in [3.05, 3.63) is 71.2 Å². The number of aryl methyl sites for hydroxylation is 1. The molecule has 1 atom stereocenters. The van der Waals surface area contributed by atoms with Gasteiger partial charge in [-0.15, -0.1) is 0 Å². The molecule has 0 amide bonds. The van der Waals surface area contributed by atoms with E-state index >= 15 is 0 Å². The molecule has 2 aromatic carbocycles. The second-order valence-electron chi connectivity index (χ2n) is 7.57. The molecule has 5 rings (SSSR count). The third-order valence-electron chi connectivity index (χ3n) is 5.67. The van der Waals surface area contributed by atoms with E-state index in [1.165, 1.54) is 12.8 Å². The maximum Gasteiger partial charge on any atom is 0.340 e. The van der Waals surface area contributed by atoms with E-state index in [-0.39, 0.29) is 5.97 Å². The molecular formula is C23H23N3O3. The molecule has 0 bridgehead atoms. The molecule has 0 saturated carbocycles. The lowest BCUT2D eigenvalue weighted by atomic mass is 9.81. The average molecular weight is 389 g/mol. The molecule has 2 aliphatic rings. The number of benzene rings is 2. The lowest BCUT2D eigenvalue weighted by molar-refractivity contribution is 0.0209. The summed E-state index contributed by atoms with van der Waals surface area (Å²) >= 11 is 0. The fraction of sp³-hybridized carbons (Fsp3) is 0.304. The fourth-order valence-corrected chi connectivity index (χ4v) is 4.22. The Morgan fingerprint density at radius 2 is 2.00 bits per heavy atom. The Labute approximate surface area is 169 Å². The first-order chi connectivity index (χ1) is 14.1. The minimum absolute atomic E-state index is 0.341. The van der Waals surface area contributed by atoms with Gasteiger partial charge >= 0.3 is 5.97 Å². The van der Waals surface area contributed by atoms with Gasteiger partial charge in [0.15, 0.2) is 5.69 Å². The van der Waals surface area contributed by atoms with Crippen LogP contribution in [0.15, 0.2) is 48.8 Å². The number of ether oxygens (including phenoxy) is 2. The lowest BCUT2D eigenvalue weighted by Gasteiger charge is -2.34. The Morgan fingerprint density at radius 3 is 2.86 bits per heavy atom. The molecule has 3 heterocycles. The van der Waals surface area contributed by atoms with E-state index < -0.39 is 5.60 Å². The number of carbonyl (C=O) groups is 1. The molecule has 3 aromatic rings. The Morgan fingerprint density at radius 1 is 1.14 bits per heavy atom. The highest BCUT2D eigenvalue weighted by Gasteiger charge is 2.55. The molecule has 6 nitrogen and oxygen atoms in total. The van der Waals surface area contributed by atoms with E-state index in [0.29, 0.717) is 22.9 Å². The van der Waals surface area contributed by atoms with Crippen molar-refractivity contribution < 1.29 is 14.3 Å². The first-order valence-corrected chi connectivity index (χ1v) is 10.1. The third-order valence-corrected chi connectivity index (χ3v) is 5.67. The number of imidazole rings is 1. The van der Waals surface area contributed by atoms with Crippen molar-refractivity contribution in [1.82, 2.24) is 9.55 Å². The van der Waals surface area contributed by atoms with Gasteiger partial charge < -0.3 is 19.4 Å². The van der Waals surface area contributed by atoms with Gasteiger partial charge in [-0.1, -0.05) is 38.0 Å².